The maximum atomic E-state index is 13.1. The van der Waals surface area contributed by atoms with Crippen molar-refractivity contribution in [2.45, 2.75) is 0 Å². The summed E-state index contributed by atoms with van der Waals surface area (Å²) >= 11 is 6.32. The van der Waals surface area contributed by atoms with Crippen LogP contribution >= 0.6 is 31.9 Å². The summed E-state index contributed by atoms with van der Waals surface area (Å²) in [5.74, 6) is -0.723. The number of carbonyl (C=O) groups excluding carboxylic acids is 1. The molecule has 1 aromatic carbocycles. The molecule has 0 aliphatic heterocycles. The molecule has 1 N–H and O–H groups in total. The summed E-state index contributed by atoms with van der Waals surface area (Å²) in [5, 5.41) is 2.70. The van der Waals surface area contributed by atoms with Gasteiger partial charge in [-0.15, -0.1) is 0 Å². The zero-order valence-electron chi connectivity index (χ0n) is 8.95. The topological polar surface area (TPSA) is 42.0 Å². The van der Waals surface area contributed by atoms with E-state index in [2.05, 4.69) is 42.2 Å². The van der Waals surface area contributed by atoms with Crippen molar-refractivity contribution in [2.24, 2.45) is 0 Å². The minimum Gasteiger partial charge on any atom is -0.321 e. The lowest BCUT2D eigenvalue weighted by Gasteiger charge is -2.07. The fraction of sp³-hybridized carbons (Fsp3) is 0. The van der Waals surface area contributed by atoms with Crippen LogP contribution < -0.4 is 5.32 Å². The van der Waals surface area contributed by atoms with Crippen LogP contribution in [0.3, 0.4) is 0 Å². The van der Waals surface area contributed by atoms with Crippen molar-refractivity contribution >= 4 is 43.5 Å². The Morgan fingerprint density at radius 3 is 2.67 bits per heavy atom. The third-order valence-corrected chi connectivity index (χ3v) is 3.44. The average Bonchev–Trinajstić information content (AvgIpc) is 2.35. The van der Waals surface area contributed by atoms with Crippen molar-refractivity contribution in [3.05, 3.63) is 57.0 Å². The number of benzene rings is 1. The second-order valence-corrected chi connectivity index (χ2v) is 5.15. The minimum atomic E-state index is -0.406. The first-order chi connectivity index (χ1) is 8.58. The fourth-order valence-electron chi connectivity index (χ4n) is 1.31. The molecular formula is C12H7Br2FN2O. The SMILES string of the molecule is O=C(Nc1ccncc1Br)c1ccc(F)c(Br)c1. The molecule has 0 spiro atoms. The Morgan fingerprint density at radius 1 is 1.22 bits per heavy atom. The van der Waals surface area contributed by atoms with Gasteiger partial charge in [0.25, 0.3) is 5.91 Å². The van der Waals surface area contributed by atoms with Gasteiger partial charge in [0, 0.05) is 18.0 Å². The molecule has 0 saturated heterocycles. The zero-order chi connectivity index (χ0) is 13.1. The van der Waals surface area contributed by atoms with Crippen LogP contribution in [-0.2, 0) is 0 Å². The number of halogens is 3. The molecule has 0 aliphatic carbocycles. The number of carbonyl (C=O) groups is 1. The van der Waals surface area contributed by atoms with Gasteiger partial charge in [-0.05, 0) is 56.1 Å². The monoisotopic (exact) mass is 372 g/mol. The zero-order valence-corrected chi connectivity index (χ0v) is 12.1. The van der Waals surface area contributed by atoms with E-state index in [9.17, 15) is 9.18 Å². The Morgan fingerprint density at radius 2 is 2.00 bits per heavy atom. The van der Waals surface area contributed by atoms with E-state index in [0.29, 0.717) is 15.7 Å². The predicted molar refractivity (Wildman–Crippen MR) is 74.0 cm³/mol. The highest BCUT2D eigenvalue weighted by Crippen LogP contribution is 2.22. The van der Waals surface area contributed by atoms with E-state index in [1.54, 1.807) is 18.5 Å². The van der Waals surface area contributed by atoms with Crippen molar-refractivity contribution in [1.82, 2.24) is 4.98 Å². The van der Waals surface area contributed by atoms with Crippen LogP contribution in [0.5, 0.6) is 0 Å². The quantitative estimate of drug-likeness (QED) is 0.864. The first kappa shape index (κ1) is 13.2. The summed E-state index contributed by atoms with van der Waals surface area (Å²) in [6.45, 7) is 0. The lowest BCUT2D eigenvalue weighted by atomic mass is 10.2. The molecule has 0 saturated carbocycles. The van der Waals surface area contributed by atoms with Crippen LogP contribution in [0.4, 0.5) is 10.1 Å². The maximum absolute atomic E-state index is 13.1. The van der Waals surface area contributed by atoms with Gasteiger partial charge in [0.15, 0.2) is 0 Å². The molecule has 0 unspecified atom stereocenters. The van der Waals surface area contributed by atoms with Crippen molar-refractivity contribution in [2.75, 3.05) is 5.32 Å². The van der Waals surface area contributed by atoms with Gasteiger partial charge in [0.2, 0.25) is 0 Å². The summed E-state index contributed by atoms with van der Waals surface area (Å²) in [6, 6.07) is 5.76. The number of nitrogens with one attached hydrogen (secondary N) is 1. The van der Waals surface area contributed by atoms with Gasteiger partial charge in [-0.1, -0.05) is 0 Å². The predicted octanol–water partition coefficient (Wildman–Crippen LogP) is 4.00. The van der Waals surface area contributed by atoms with E-state index in [1.165, 1.54) is 18.2 Å². The Balaban J connectivity index is 2.22. The minimum absolute atomic E-state index is 0.254. The Bertz CT molecular complexity index is 604. The molecule has 0 atom stereocenters. The van der Waals surface area contributed by atoms with Gasteiger partial charge in [0.05, 0.1) is 14.6 Å². The Labute approximate surface area is 120 Å². The second kappa shape index (κ2) is 5.58. The number of hydrogen-bond donors (Lipinski definition) is 1. The van der Waals surface area contributed by atoms with E-state index >= 15 is 0 Å². The molecule has 18 heavy (non-hydrogen) atoms. The van der Waals surface area contributed by atoms with Gasteiger partial charge < -0.3 is 5.32 Å². The highest BCUT2D eigenvalue weighted by Gasteiger charge is 2.10. The number of amides is 1. The summed E-state index contributed by atoms with van der Waals surface area (Å²) in [4.78, 5) is 15.8. The fourth-order valence-corrected chi connectivity index (χ4v) is 2.04. The molecule has 1 aromatic heterocycles. The molecular weight excluding hydrogens is 367 g/mol. The molecule has 1 amide bonds. The van der Waals surface area contributed by atoms with Gasteiger partial charge >= 0.3 is 0 Å². The van der Waals surface area contributed by atoms with Crippen molar-refractivity contribution in [1.29, 1.82) is 0 Å². The van der Waals surface area contributed by atoms with Crippen LogP contribution in [0, 0.1) is 5.82 Å². The number of rotatable bonds is 2. The molecule has 1 heterocycles. The third-order valence-electron chi connectivity index (χ3n) is 2.20. The summed E-state index contributed by atoms with van der Waals surface area (Å²) in [5.41, 5.74) is 0.974. The van der Waals surface area contributed by atoms with Crippen LogP contribution in [0.2, 0.25) is 0 Å². The molecule has 0 radical (unpaired) electrons. The van der Waals surface area contributed by atoms with E-state index < -0.39 is 5.82 Å². The molecule has 0 aliphatic rings. The number of hydrogen-bond acceptors (Lipinski definition) is 2. The normalized spacial score (nSPS) is 10.2. The van der Waals surface area contributed by atoms with Gasteiger partial charge in [-0.2, -0.15) is 0 Å². The largest absolute Gasteiger partial charge is 0.321 e. The van der Waals surface area contributed by atoms with E-state index in [0.717, 1.165) is 0 Å². The number of pyridine rings is 1. The Kier molecular flexibility index (Phi) is 4.08. The highest BCUT2D eigenvalue weighted by atomic mass is 79.9. The molecule has 3 nitrogen and oxygen atoms in total. The van der Waals surface area contributed by atoms with E-state index in [1.807, 2.05) is 0 Å². The van der Waals surface area contributed by atoms with Gasteiger partial charge in [-0.25, -0.2) is 4.39 Å². The molecule has 6 heteroatoms. The number of aromatic nitrogens is 1. The van der Waals surface area contributed by atoms with E-state index in [4.69, 9.17) is 0 Å². The van der Waals surface area contributed by atoms with Crippen molar-refractivity contribution in [3.8, 4) is 0 Å². The molecule has 92 valence electrons. The second-order valence-electron chi connectivity index (χ2n) is 3.44. The average molecular weight is 374 g/mol. The number of anilines is 1. The standard InChI is InChI=1S/C12H7Br2FN2O/c13-8-5-7(1-2-10(8)15)12(18)17-11-3-4-16-6-9(11)14/h1-6H,(H,16,17,18). The van der Waals surface area contributed by atoms with Gasteiger partial charge in [0.1, 0.15) is 5.82 Å². The van der Waals surface area contributed by atoms with Crippen LogP contribution in [0.15, 0.2) is 45.6 Å². The van der Waals surface area contributed by atoms with Gasteiger partial charge in [-0.3, -0.25) is 9.78 Å². The highest BCUT2D eigenvalue weighted by molar-refractivity contribution is 9.10. The molecule has 2 aromatic rings. The lowest BCUT2D eigenvalue weighted by Crippen LogP contribution is -2.12. The molecule has 0 fully saturated rings. The summed E-state index contributed by atoms with van der Waals surface area (Å²) < 4.78 is 14.0. The first-order valence-electron chi connectivity index (χ1n) is 4.94. The summed E-state index contributed by atoms with van der Waals surface area (Å²) in [6.07, 6.45) is 3.15. The molecule has 2 rings (SSSR count). The van der Waals surface area contributed by atoms with Crippen LogP contribution in [0.1, 0.15) is 10.4 Å². The van der Waals surface area contributed by atoms with Crippen molar-refractivity contribution < 1.29 is 9.18 Å². The van der Waals surface area contributed by atoms with Crippen molar-refractivity contribution in [3.63, 3.8) is 0 Å². The van der Waals surface area contributed by atoms with Crippen LogP contribution in [0.25, 0.3) is 0 Å². The molecule has 0 bridgehead atoms. The van der Waals surface area contributed by atoms with E-state index in [-0.39, 0.29) is 10.4 Å². The third kappa shape index (κ3) is 2.94. The first-order valence-corrected chi connectivity index (χ1v) is 6.52. The summed E-state index contributed by atoms with van der Waals surface area (Å²) in [7, 11) is 0. The van der Waals surface area contributed by atoms with Crippen LogP contribution in [-0.4, -0.2) is 10.9 Å². The Hall–Kier alpha value is -1.27. The smallest absolute Gasteiger partial charge is 0.255 e. The number of nitrogens with zero attached hydrogens (tertiary/aromatic N) is 1. The lowest BCUT2D eigenvalue weighted by molar-refractivity contribution is 0.102. The maximum Gasteiger partial charge on any atom is 0.255 e.